The predicted molar refractivity (Wildman–Crippen MR) is 89.7 cm³/mol. The molecule has 1 aromatic carbocycles. The summed E-state index contributed by atoms with van der Waals surface area (Å²) in [5.74, 6) is -1.24. The zero-order chi connectivity index (χ0) is 17.0. The molecule has 1 fully saturated rings. The highest BCUT2D eigenvalue weighted by atomic mass is 79.9. The van der Waals surface area contributed by atoms with Gasteiger partial charge in [-0.1, -0.05) is 35.0 Å². The molecule has 0 saturated carbocycles. The van der Waals surface area contributed by atoms with Crippen molar-refractivity contribution in [2.75, 3.05) is 13.2 Å². The molecule has 126 valence electrons. The second-order valence-corrected chi connectivity index (χ2v) is 6.48. The van der Waals surface area contributed by atoms with E-state index in [9.17, 15) is 9.59 Å². The first-order valence-electron chi connectivity index (χ1n) is 7.84. The lowest BCUT2D eigenvalue weighted by atomic mass is 9.86. The molecule has 0 spiro atoms. The Labute approximate surface area is 144 Å². The Kier molecular flexibility index (Phi) is 6.18. The highest BCUT2D eigenvalue weighted by molar-refractivity contribution is 9.10. The molecule has 1 aliphatic heterocycles. The van der Waals surface area contributed by atoms with Gasteiger partial charge in [-0.3, -0.25) is 14.9 Å². The Morgan fingerprint density at radius 3 is 2.22 bits per heavy atom. The minimum absolute atomic E-state index is 0.207. The Morgan fingerprint density at radius 2 is 1.65 bits per heavy atom. The Hall–Kier alpha value is -1.40. The Balaban J connectivity index is 2.30. The van der Waals surface area contributed by atoms with E-state index >= 15 is 0 Å². The molecule has 4 unspecified atom stereocenters. The molecule has 0 aromatic heterocycles. The van der Waals surface area contributed by atoms with Crippen LogP contribution in [0.25, 0.3) is 0 Å². The van der Waals surface area contributed by atoms with Gasteiger partial charge in [-0.15, -0.1) is 0 Å². The van der Waals surface area contributed by atoms with Crippen molar-refractivity contribution in [3.05, 3.63) is 34.3 Å². The Bertz CT molecular complexity index is 560. The number of hydrogen-bond donors (Lipinski definition) is 1. The fraction of sp³-hybridized carbons (Fsp3) is 0.529. The van der Waals surface area contributed by atoms with Gasteiger partial charge in [-0.2, -0.15) is 0 Å². The second-order valence-electron chi connectivity index (χ2n) is 5.56. The largest absolute Gasteiger partial charge is 0.466 e. The number of halogens is 1. The lowest BCUT2D eigenvalue weighted by molar-refractivity contribution is -0.150. The lowest BCUT2D eigenvalue weighted by Gasteiger charge is -2.20. The SMILES string of the molecule is CCOC(=O)C1NC(c2ccc(Br)cc2)C(C(=O)OCC)C1C. The summed E-state index contributed by atoms with van der Waals surface area (Å²) in [6.07, 6.45) is 0. The van der Waals surface area contributed by atoms with Crippen molar-refractivity contribution in [3.63, 3.8) is 0 Å². The number of nitrogens with one attached hydrogen (secondary N) is 1. The molecule has 1 aliphatic rings. The third-order valence-electron chi connectivity index (χ3n) is 4.14. The van der Waals surface area contributed by atoms with Crippen molar-refractivity contribution in [2.24, 2.45) is 11.8 Å². The standard InChI is InChI=1S/C17H22BrNO4/c1-4-22-16(20)13-10(3)14(17(21)23-5-2)19-15(13)11-6-8-12(18)9-7-11/h6-10,13-15,19H,4-5H2,1-3H3. The van der Waals surface area contributed by atoms with Gasteiger partial charge in [0.25, 0.3) is 0 Å². The van der Waals surface area contributed by atoms with Crippen LogP contribution in [0.15, 0.2) is 28.7 Å². The van der Waals surface area contributed by atoms with E-state index in [1.54, 1.807) is 13.8 Å². The van der Waals surface area contributed by atoms with E-state index in [4.69, 9.17) is 9.47 Å². The molecule has 5 nitrogen and oxygen atoms in total. The van der Waals surface area contributed by atoms with Crippen molar-refractivity contribution in [1.29, 1.82) is 0 Å². The van der Waals surface area contributed by atoms with Gasteiger partial charge >= 0.3 is 11.9 Å². The molecule has 0 radical (unpaired) electrons. The van der Waals surface area contributed by atoms with Crippen LogP contribution in [0, 0.1) is 11.8 Å². The van der Waals surface area contributed by atoms with Crippen molar-refractivity contribution < 1.29 is 19.1 Å². The summed E-state index contributed by atoms with van der Waals surface area (Å²) < 4.78 is 11.3. The van der Waals surface area contributed by atoms with Crippen LogP contribution in [0.5, 0.6) is 0 Å². The minimum atomic E-state index is -0.516. The fourth-order valence-electron chi connectivity index (χ4n) is 3.04. The van der Waals surface area contributed by atoms with Crippen molar-refractivity contribution in [3.8, 4) is 0 Å². The van der Waals surface area contributed by atoms with Crippen LogP contribution in [0.1, 0.15) is 32.4 Å². The second kappa shape index (κ2) is 7.93. The monoisotopic (exact) mass is 383 g/mol. The van der Waals surface area contributed by atoms with Gasteiger partial charge in [0.1, 0.15) is 6.04 Å². The van der Waals surface area contributed by atoms with Crippen LogP contribution < -0.4 is 5.32 Å². The molecule has 1 aromatic rings. The molecular formula is C17H22BrNO4. The zero-order valence-corrected chi connectivity index (χ0v) is 15.1. The highest BCUT2D eigenvalue weighted by Crippen LogP contribution is 2.38. The van der Waals surface area contributed by atoms with E-state index < -0.39 is 12.0 Å². The predicted octanol–water partition coefficient (Wildman–Crippen LogP) is 2.84. The molecule has 1 heterocycles. The Morgan fingerprint density at radius 1 is 1.09 bits per heavy atom. The number of carbonyl (C=O) groups is 2. The van der Waals surface area contributed by atoms with E-state index in [2.05, 4.69) is 21.2 Å². The molecule has 0 amide bonds. The average Bonchev–Trinajstić information content (AvgIpc) is 2.86. The van der Waals surface area contributed by atoms with Gasteiger partial charge in [-0.05, 0) is 37.5 Å². The number of hydrogen-bond acceptors (Lipinski definition) is 5. The number of esters is 2. The summed E-state index contributed by atoms with van der Waals surface area (Å²) in [4.78, 5) is 24.6. The average molecular weight is 384 g/mol. The van der Waals surface area contributed by atoms with Gasteiger partial charge in [0, 0.05) is 10.5 Å². The van der Waals surface area contributed by atoms with Gasteiger partial charge < -0.3 is 9.47 Å². The summed E-state index contributed by atoms with van der Waals surface area (Å²) in [6.45, 7) is 6.07. The molecule has 0 bridgehead atoms. The summed E-state index contributed by atoms with van der Waals surface area (Å²) in [7, 11) is 0. The number of carbonyl (C=O) groups excluding carboxylic acids is 2. The van der Waals surface area contributed by atoms with E-state index in [0.717, 1.165) is 10.0 Å². The third kappa shape index (κ3) is 3.93. The third-order valence-corrected chi connectivity index (χ3v) is 4.67. The van der Waals surface area contributed by atoms with Gasteiger partial charge in [0.15, 0.2) is 0 Å². The molecule has 23 heavy (non-hydrogen) atoms. The van der Waals surface area contributed by atoms with E-state index in [-0.39, 0.29) is 23.9 Å². The highest BCUT2D eigenvalue weighted by Gasteiger charge is 2.49. The molecule has 1 N–H and O–H groups in total. The van der Waals surface area contributed by atoms with Crippen LogP contribution in [0.4, 0.5) is 0 Å². The molecule has 4 atom stereocenters. The number of benzene rings is 1. The maximum absolute atomic E-state index is 12.4. The smallest absolute Gasteiger partial charge is 0.323 e. The van der Waals surface area contributed by atoms with E-state index in [0.29, 0.717) is 13.2 Å². The van der Waals surface area contributed by atoms with Gasteiger partial charge in [-0.25, -0.2) is 0 Å². The van der Waals surface area contributed by atoms with Crippen LogP contribution >= 0.6 is 15.9 Å². The van der Waals surface area contributed by atoms with Crippen LogP contribution in [-0.4, -0.2) is 31.2 Å². The molecule has 2 rings (SSSR count). The van der Waals surface area contributed by atoms with Crippen molar-refractivity contribution >= 4 is 27.9 Å². The zero-order valence-electron chi connectivity index (χ0n) is 13.5. The van der Waals surface area contributed by atoms with E-state index in [1.807, 2.05) is 31.2 Å². The first-order valence-corrected chi connectivity index (χ1v) is 8.63. The normalized spacial score (nSPS) is 26.8. The number of rotatable bonds is 5. The van der Waals surface area contributed by atoms with Gasteiger partial charge in [0.2, 0.25) is 0 Å². The van der Waals surface area contributed by atoms with Crippen LogP contribution in [0.3, 0.4) is 0 Å². The summed E-state index contributed by atoms with van der Waals surface area (Å²) in [5.41, 5.74) is 0.949. The summed E-state index contributed by atoms with van der Waals surface area (Å²) in [6, 6.07) is 6.93. The van der Waals surface area contributed by atoms with Crippen molar-refractivity contribution in [1.82, 2.24) is 5.32 Å². The van der Waals surface area contributed by atoms with Gasteiger partial charge in [0.05, 0.1) is 19.1 Å². The fourth-order valence-corrected chi connectivity index (χ4v) is 3.30. The topological polar surface area (TPSA) is 64.6 Å². The van der Waals surface area contributed by atoms with Crippen LogP contribution in [0.2, 0.25) is 0 Å². The number of ether oxygens (including phenoxy) is 2. The first kappa shape index (κ1) is 17.9. The molecule has 6 heteroatoms. The summed E-state index contributed by atoms with van der Waals surface area (Å²) in [5, 5.41) is 3.26. The first-order chi connectivity index (χ1) is 11.0. The quantitative estimate of drug-likeness (QED) is 0.791. The van der Waals surface area contributed by atoms with Crippen molar-refractivity contribution in [2.45, 2.75) is 32.9 Å². The van der Waals surface area contributed by atoms with Crippen LogP contribution in [-0.2, 0) is 19.1 Å². The lowest BCUT2D eigenvalue weighted by Crippen LogP contribution is -2.37. The van der Waals surface area contributed by atoms with E-state index in [1.165, 1.54) is 0 Å². The minimum Gasteiger partial charge on any atom is -0.466 e. The summed E-state index contributed by atoms with van der Waals surface area (Å²) >= 11 is 3.40. The molecular weight excluding hydrogens is 362 g/mol. The molecule has 0 aliphatic carbocycles. The maximum Gasteiger partial charge on any atom is 0.323 e. The maximum atomic E-state index is 12.4. The molecule has 1 saturated heterocycles.